The van der Waals surface area contributed by atoms with Crippen LogP contribution < -0.4 is 4.74 Å². The second kappa shape index (κ2) is 8.86. The molecule has 1 aliphatic heterocycles. The second-order valence-corrected chi connectivity index (χ2v) is 8.61. The Morgan fingerprint density at radius 1 is 1.27 bits per heavy atom. The van der Waals surface area contributed by atoms with Gasteiger partial charge < -0.3 is 14.2 Å². The molecule has 0 spiro atoms. The molecule has 1 atom stereocenters. The van der Waals surface area contributed by atoms with Crippen molar-refractivity contribution in [1.29, 1.82) is 0 Å². The van der Waals surface area contributed by atoms with E-state index in [4.69, 9.17) is 9.72 Å². The molecule has 6 nitrogen and oxygen atoms in total. The molecule has 2 aromatic heterocycles. The number of methoxy groups -OCH3 is 1. The summed E-state index contributed by atoms with van der Waals surface area (Å²) in [6.07, 6.45) is 4.15. The molecule has 0 aliphatic carbocycles. The van der Waals surface area contributed by atoms with Crippen LogP contribution in [-0.4, -0.2) is 45.5 Å². The van der Waals surface area contributed by atoms with Crippen molar-refractivity contribution in [3.8, 4) is 5.75 Å². The number of aromatic nitrogens is 3. The number of imidazole rings is 1. The highest BCUT2D eigenvalue weighted by molar-refractivity contribution is 5.79. The number of pyridine rings is 1. The minimum Gasteiger partial charge on any atom is -0.497 e. The molecule has 3 aromatic rings. The largest absolute Gasteiger partial charge is 0.497 e. The lowest BCUT2D eigenvalue weighted by Crippen LogP contribution is -2.30. The number of carbonyl (C=O) groups excluding carboxylic acids is 1. The predicted molar refractivity (Wildman–Crippen MR) is 117 cm³/mol. The van der Waals surface area contributed by atoms with Crippen molar-refractivity contribution in [3.05, 3.63) is 54.0 Å². The molecule has 0 N–H and O–H groups in total. The fourth-order valence-corrected chi connectivity index (χ4v) is 4.27. The number of carbonyl (C=O) groups is 1. The van der Waals surface area contributed by atoms with E-state index in [2.05, 4.69) is 23.4 Å². The smallest absolute Gasteiger partial charge is 0.227 e. The van der Waals surface area contributed by atoms with Crippen molar-refractivity contribution in [3.63, 3.8) is 0 Å². The average Bonchev–Trinajstić information content (AvgIpc) is 3.33. The Balaban J connectivity index is 1.43. The highest BCUT2D eigenvalue weighted by atomic mass is 16.5. The van der Waals surface area contributed by atoms with Crippen molar-refractivity contribution in [2.45, 2.75) is 39.7 Å². The third-order valence-corrected chi connectivity index (χ3v) is 5.73. The maximum Gasteiger partial charge on any atom is 0.227 e. The van der Waals surface area contributed by atoms with Crippen LogP contribution in [0.15, 0.2) is 42.6 Å². The van der Waals surface area contributed by atoms with Gasteiger partial charge in [-0.3, -0.25) is 4.79 Å². The van der Waals surface area contributed by atoms with Gasteiger partial charge in [-0.1, -0.05) is 26.0 Å². The Morgan fingerprint density at radius 2 is 2.13 bits per heavy atom. The van der Waals surface area contributed by atoms with E-state index in [1.54, 1.807) is 7.11 Å². The Kier molecular flexibility index (Phi) is 6.02. The van der Waals surface area contributed by atoms with Gasteiger partial charge >= 0.3 is 0 Å². The fourth-order valence-electron chi connectivity index (χ4n) is 4.27. The first-order chi connectivity index (χ1) is 14.5. The SMILES string of the molecule is COc1cccc(CC(=O)N2CC[C@@H](Cc3nc4cccnc4n3CC(C)C)C2)c1. The summed E-state index contributed by atoms with van der Waals surface area (Å²) in [5.74, 6) is 3.01. The van der Waals surface area contributed by atoms with Crippen molar-refractivity contribution in [2.24, 2.45) is 11.8 Å². The van der Waals surface area contributed by atoms with Crippen LogP contribution >= 0.6 is 0 Å². The summed E-state index contributed by atoms with van der Waals surface area (Å²) in [6, 6.07) is 11.7. The van der Waals surface area contributed by atoms with Gasteiger partial charge in [0.15, 0.2) is 5.65 Å². The van der Waals surface area contributed by atoms with Crippen LogP contribution in [0.5, 0.6) is 5.75 Å². The first kappa shape index (κ1) is 20.4. The number of likely N-dealkylation sites (tertiary alicyclic amines) is 1. The van der Waals surface area contributed by atoms with E-state index < -0.39 is 0 Å². The first-order valence-electron chi connectivity index (χ1n) is 10.7. The van der Waals surface area contributed by atoms with Crippen molar-refractivity contribution in [1.82, 2.24) is 19.4 Å². The molecule has 0 saturated carbocycles. The summed E-state index contributed by atoms with van der Waals surface area (Å²) in [4.78, 5) is 24.2. The lowest BCUT2D eigenvalue weighted by Gasteiger charge is -2.17. The minimum atomic E-state index is 0.183. The molecule has 0 bridgehead atoms. The molecule has 4 rings (SSSR count). The number of hydrogen-bond acceptors (Lipinski definition) is 4. The second-order valence-electron chi connectivity index (χ2n) is 8.61. The number of ether oxygens (including phenoxy) is 1. The van der Waals surface area contributed by atoms with Crippen LogP contribution in [0.25, 0.3) is 11.2 Å². The molecule has 6 heteroatoms. The summed E-state index contributed by atoms with van der Waals surface area (Å²) in [7, 11) is 1.65. The maximum absolute atomic E-state index is 12.8. The van der Waals surface area contributed by atoms with Crippen LogP contribution in [0.3, 0.4) is 0 Å². The topological polar surface area (TPSA) is 60.2 Å². The van der Waals surface area contributed by atoms with E-state index in [0.29, 0.717) is 18.3 Å². The number of nitrogens with zero attached hydrogens (tertiary/aromatic N) is 4. The van der Waals surface area contributed by atoms with Gasteiger partial charge in [0.1, 0.15) is 17.1 Å². The third-order valence-electron chi connectivity index (χ3n) is 5.73. The predicted octanol–water partition coefficient (Wildman–Crippen LogP) is 3.73. The lowest BCUT2D eigenvalue weighted by atomic mass is 10.0. The monoisotopic (exact) mass is 406 g/mol. The summed E-state index contributed by atoms with van der Waals surface area (Å²) >= 11 is 0. The number of amides is 1. The zero-order chi connectivity index (χ0) is 21.1. The van der Waals surface area contributed by atoms with Gasteiger partial charge in [-0.25, -0.2) is 9.97 Å². The molecular formula is C24H30N4O2. The molecule has 1 aliphatic rings. The molecule has 1 amide bonds. The molecule has 0 unspecified atom stereocenters. The highest BCUT2D eigenvalue weighted by Crippen LogP contribution is 2.24. The Hall–Kier alpha value is -2.89. The summed E-state index contributed by atoms with van der Waals surface area (Å²) in [5.41, 5.74) is 2.91. The molecule has 30 heavy (non-hydrogen) atoms. The minimum absolute atomic E-state index is 0.183. The third kappa shape index (κ3) is 4.48. The fraction of sp³-hybridized carbons (Fsp3) is 0.458. The van der Waals surface area contributed by atoms with E-state index in [0.717, 1.165) is 60.8 Å². The van der Waals surface area contributed by atoms with Crippen molar-refractivity contribution < 1.29 is 9.53 Å². The van der Waals surface area contributed by atoms with E-state index in [-0.39, 0.29) is 5.91 Å². The zero-order valence-electron chi connectivity index (χ0n) is 18.0. The Bertz CT molecular complexity index is 1030. The first-order valence-corrected chi connectivity index (χ1v) is 10.7. The van der Waals surface area contributed by atoms with Gasteiger partial charge in [-0.2, -0.15) is 0 Å². The van der Waals surface area contributed by atoms with Gasteiger partial charge in [0.05, 0.1) is 13.5 Å². The standard InChI is InChI=1S/C24H30N4O2/c1-17(2)15-28-22(26-21-8-5-10-25-24(21)28)13-19-9-11-27(16-19)23(29)14-18-6-4-7-20(12-18)30-3/h4-8,10,12,17,19H,9,11,13-16H2,1-3H3/t19-/m0/s1. The summed E-state index contributed by atoms with van der Waals surface area (Å²) in [6.45, 7) is 6.95. The summed E-state index contributed by atoms with van der Waals surface area (Å²) < 4.78 is 7.53. The zero-order valence-corrected chi connectivity index (χ0v) is 18.0. The van der Waals surface area contributed by atoms with Gasteiger partial charge in [0.25, 0.3) is 0 Å². The molecule has 3 heterocycles. The maximum atomic E-state index is 12.8. The van der Waals surface area contributed by atoms with Crippen molar-refractivity contribution >= 4 is 17.1 Å². The van der Waals surface area contributed by atoms with E-state index in [1.807, 2.05) is 47.5 Å². The number of hydrogen-bond donors (Lipinski definition) is 0. The number of rotatable bonds is 7. The molecule has 1 saturated heterocycles. The van der Waals surface area contributed by atoms with Gasteiger partial charge in [0.2, 0.25) is 5.91 Å². The quantitative estimate of drug-likeness (QED) is 0.600. The van der Waals surface area contributed by atoms with Crippen molar-refractivity contribution in [2.75, 3.05) is 20.2 Å². The Labute approximate surface area is 177 Å². The molecular weight excluding hydrogens is 376 g/mol. The Morgan fingerprint density at radius 3 is 2.93 bits per heavy atom. The van der Waals surface area contributed by atoms with Crippen LogP contribution in [0.4, 0.5) is 0 Å². The summed E-state index contributed by atoms with van der Waals surface area (Å²) in [5, 5.41) is 0. The normalized spacial score (nSPS) is 16.5. The van der Waals surface area contributed by atoms with Crippen LogP contribution in [0.1, 0.15) is 31.7 Å². The van der Waals surface area contributed by atoms with Gasteiger partial charge in [0, 0.05) is 32.3 Å². The van der Waals surface area contributed by atoms with Crippen LogP contribution in [0, 0.1) is 11.8 Å². The highest BCUT2D eigenvalue weighted by Gasteiger charge is 2.28. The van der Waals surface area contributed by atoms with Gasteiger partial charge in [-0.05, 0) is 48.1 Å². The molecule has 0 radical (unpaired) electrons. The van der Waals surface area contributed by atoms with Crippen LogP contribution in [-0.2, 0) is 24.2 Å². The lowest BCUT2D eigenvalue weighted by molar-refractivity contribution is -0.129. The van der Waals surface area contributed by atoms with E-state index in [9.17, 15) is 4.79 Å². The van der Waals surface area contributed by atoms with E-state index in [1.165, 1.54) is 0 Å². The number of fused-ring (bicyclic) bond motifs is 1. The van der Waals surface area contributed by atoms with Gasteiger partial charge in [-0.15, -0.1) is 0 Å². The number of benzene rings is 1. The molecule has 1 fully saturated rings. The molecule has 158 valence electrons. The molecule has 1 aromatic carbocycles. The average molecular weight is 407 g/mol. The van der Waals surface area contributed by atoms with E-state index >= 15 is 0 Å². The van der Waals surface area contributed by atoms with Crippen LogP contribution in [0.2, 0.25) is 0 Å².